The van der Waals surface area contributed by atoms with E-state index < -0.39 is 0 Å². The van der Waals surface area contributed by atoms with Crippen LogP contribution in [-0.4, -0.2) is 43.6 Å². The summed E-state index contributed by atoms with van der Waals surface area (Å²) in [5, 5.41) is 0. The fourth-order valence-corrected chi connectivity index (χ4v) is 3.22. The Morgan fingerprint density at radius 2 is 2.09 bits per heavy atom. The lowest BCUT2D eigenvalue weighted by molar-refractivity contribution is 0.139. The van der Waals surface area contributed by atoms with Crippen LogP contribution in [-0.2, 0) is 13.5 Å². The second kappa shape index (κ2) is 6.57. The van der Waals surface area contributed by atoms with Crippen molar-refractivity contribution < 1.29 is 0 Å². The minimum atomic E-state index is 0.639. The lowest BCUT2D eigenvalue weighted by Crippen LogP contribution is -2.40. The number of aryl methyl sites for hydroxylation is 1. The Kier molecular flexibility index (Phi) is 4.52. The number of piperidine rings is 1. The van der Waals surface area contributed by atoms with Gasteiger partial charge in [0.1, 0.15) is 5.69 Å². The lowest BCUT2D eigenvalue weighted by atomic mass is 9.93. The van der Waals surface area contributed by atoms with Crippen LogP contribution in [0.4, 0.5) is 0 Å². The molecule has 5 nitrogen and oxygen atoms in total. The molecule has 1 atom stereocenters. The molecule has 2 aromatic heterocycles. The Morgan fingerprint density at radius 3 is 2.73 bits per heavy atom. The SMILES string of the molecule is CC(C)N1CCC[C@@H](Cc2cnc(-c3nccn3C)cn2)C1. The summed E-state index contributed by atoms with van der Waals surface area (Å²) >= 11 is 0. The zero-order chi connectivity index (χ0) is 15.5. The van der Waals surface area contributed by atoms with E-state index in [2.05, 4.69) is 33.7 Å². The lowest BCUT2D eigenvalue weighted by Gasteiger charge is -2.35. The van der Waals surface area contributed by atoms with Gasteiger partial charge in [0.15, 0.2) is 5.82 Å². The predicted molar refractivity (Wildman–Crippen MR) is 87.4 cm³/mol. The van der Waals surface area contributed by atoms with Crippen molar-refractivity contribution in [2.45, 2.75) is 39.2 Å². The fraction of sp³-hybridized carbons (Fsp3) is 0.588. The number of likely N-dealkylation sites (tertiary alicyclic amines) is 1. The third-order valence-electron chi connectivity index (χ3n) is 4.53. The molecule has 5 heteroatoms. The van der Waals surface area contributed by atoms with E-state index in [0.717, 1.165) is 23.6 Å². The number of rotatable bonds is 4. The summed E-state index contributed by atoms with van der Waals surface area (Å²) in [7, 11) is 1.97. The van der Waals surface area contributed by atoms with Gasteiger partial charge in [-0.05, 0) is 45.6 Å². The second-order valence-corrected chi connectivity index (χ2v) is 6.56. The molecule has 1 saturated heterocycles. The molecule has 0 radical (unpaired) electrons. The van der Waals surface area contributed by atoms with Crippen LogP contribution in [0.3, 0.4) is 0 Å². The largest absolute Gasteiger partial charge is 0.333 e. The molecular weight excluding hydrogens is 274 g/mol. The molecule has 1 fully saturated rings. The van der Waals surface area contributed by atoms with E-state index in [-0.39, 0.29) is 0 Å². The summed E-state index contributed by atoms with van der Waals surface area (Å²) in [4.78, 5) is 16.0. The molecule has 0 bridgehead atoms. The van der Waals surface area contributed by atoms with Gasteiger partial charge in [0, 0.05) is 38.2 Å². The zero-order valence-electron chi connectivity index (χ0n) is 13.7. The molecule has 3 rings (SSSR count). The van der Waals surface area contributed by atoms with Crippen molar-refractivity contribution in [3.63, 3.8) is 0 Å². The molecule has 1 aliphatic rings. The van der Waals surface area contributed by atoms with Crippen molar-refractivity contribution in [1.29, 1.82) is 0 Å². The van der Waals surface area contributed by atoms with Crippen LogP contribution in [0.1, 0.15) is 32.4 Å². The van der Waals surface area contributed by atoms with Crippen LogP contribution >= 0.6 is 0 Å². The Morgan fingerprint density at radius 1 is 1.23 bits per heavy atom. The van der Waals surface area contributed by atoms with E-state index >= 15 is 0 Å². The Labute approximate surface area is 132 Å². The molecule has 0 amide bonds. The van der Waals surface area contributed by atoms with Crippen LogP contribution in [0.5, 0.6) is 0 Å². The minimum absolute atomic E-state index is 0.639. The monoisotopic (exact) mass is 299 g/mol. The molecular formula is C17H25N5. The number of hydrogen-bond acceptors (Lipinski definition) is 4. The molecule has 0 unspecified atom stereocenters. The van der Waals surface area contributed by atoms with Gasteiger partial charge in [-0.1, -0.05) is 0 Å². The van der Waals surface area contributed by atoms with Crippen molar-refractivity contribution in [2.75, 3.05) is 13.1 Å². The highest BCUT2D eigenvalue weighted by Crippen LogP contribution is 2.22. The summed E-state index contributed by atoms with van der Waals surface area (Å²) in [6.45, 7) is 6.98. The number of hydrogen-bond donors (Lipinski definition) is 0. The van der Waals surface area contributed by atoms with E-state index in [1.165, 1.54) is 25.9 Å². The molecule has 0 saturated carbocycles. The van der Waals surface area contributed by atoms with Crippen molar-refractivity contribution in [3.05, 3.63) is 30.5 Å². The van der Waals surface area contributed by atoms with Crippen LogP contribution < -0.4 is 0 Å². The first-order valence-electron chi connectivity index (χ1n) is 8.16. The number of imidazole rings is 1. The summed E-state index contributed by atoms with van der Waals surface area (Å²) < 4.78 is 1.96. The van der Waals surface area contributed by atoms with E-state index in [9.17, 15) is 0 Å². The van der Waals surface area contributed by atoms with E-state index in [4.69, 9.17) is 0 Å². The first-order chi connectivity index (χ1) is 10.6. The molecule has 2 aromatic rings. The second-order valence-electron chi connectivity index (χ2n) is 6.56. The van der Waals surface area contributed by atoms with Crippen molar-refractivity contribution in [2.24, 2.45) is 13.0 Å². The van der Waals surface area contributed by atoms with Crippen LogP contribution in [0, 0.1) is 5.92 Å². The quantitative estimate of drug-likeness (QED) is 0.870. The maximum absolute atomic E-state index is 4.61. The summed E-state index contributed by atoms with van der Waals surface area (Å²) in [6.07, 6.45) is 11.1. The topological polar surface area (TPSA) is 46.8 Å². The van der Waals surface area contributed by atoms with E-state index in [0.29, 0.717) is 12.0 Å². The zero-order valence-corrected chi connectivity index (χ0v) is 13.7. The summed E-state index contributed by atoms with van der Waals surface area (Å²) in [6, 6.07) is 0.639. The van der Waals surface area contributed by atoms with E-state index in [1.54, 1.807) is 6.20 Å². The summed E-state index contributed by atoms with van der Waals surface area (Å²) in [5.74, 6) is 1.56. The highest BCUT2D eigenvalue weighted by molar-refractivity contribution is 5.47. The third kappa shape index (κ3) is 3.35. The maximum atomic E-state index is 4.61. The van der Waals surface area contributed by atoms with Crippen molar-refractivity contribution in [3.8, 4) is 11.5 Å². The van der Waals surface area contributed by atoms with E-state index in [1.807, 2.05) is 30.2 Å². The van der Waals surface area contributed by atoms with Gasteiger partial charge in [0.25, 0.3) is 0 Å². The molecule has 0 N–H and O–H groups in total. The standard InChI is InChI=1S/C17H25N5/c1-13(2)22-7-4-5-14(12-22)9-15-10-20-16(11-19-15)17-18-6-8-21(17)3/h6,8,10-11,13-14H,4-5,7,9,12H2,1-3H3/t14-/m0/s1. The first-order valence-corrected chi connectivity index (χ1v) is 8.16. The average molecular weight is 299 g/mol. The molecule has 0 aliphatic carbocycles. The molecule has 3 heterocycles. The fourth-order valence-electron chi connectivity index (χ4n) is 3.22. The number of aromatic nitrogens is 4. The normalized spacial score (nSPS) is 19.7. The smallest absolute Gasteiger partial charge is 0.159 e. The van der Waals surface area contributed by atoms with Gasteiger partial charge in [-0.25, -0.2) is 9.97 Å². The third-order valence-corrected chi connectivity index (χ3v) is 4.53. The number of nitrogens with zero attached hydrogens (tertiary/aromatic N) is 5. The average Bonchev–Trinajstić information content (AvgIpc) is 2.94. The van der Waals surface area contributed by atoms with Gasteiger partial charge >= 0.3 is 0 Å². The first kappa shape index (κ1) is 15.2. The van der Waals surface area contributed by atoms with Gasteiger partial charge in [-0.2, -0.15) is 0 Å². The highest BCUT2D eigenvalue weighted by atomic mass is 15.2. The van der Waals surface area contributed by atoms with Crippen LogP contribution in [0.15, 0.2) is 24.8 Å². The Balaban J connectivity index is 1.65. The molecule has 1 aliphatic heterocycles. The Hall–Kier alpha value is -1.75. The van der Waals surface area contributed by atoms with Crippen LogP contribution in [0.25, 0.3) is 11.5 Å². The molecule has 22 heavy (non-hydrogen) atoms. The van der Waals surface area contributed by atoms with Gasteiger partial charge in [-0.15, -0.1) is 0 Å². The summed E-state index contributed by atoms with van der Waals surface area (Å²) in [5.41, 5.74) is 1.93. The maximum Gasteiger partial charge on any atom is 0.159 e. The van der Waals surface area contributed by atoms with Crippen molar-refractivity contribution >= 4 is 0 Å². The minimum Gasteiger partial charge on any atom is -0.333 e. The highest BCUT2D eigenvalue weighted by Gasteiger charge is 2.22. The molecule has 0 spiro atoms. The van der Waals surface area contributed by atoms with Gasteiger partial charge in [0.05, 0.1) is 11.9 Å². The van der Waals surface area contributed by atoms with Gasteiger partial charge < -0.3 is 9.47 Å². The van der Waals surface area contributed by atoms with Crippen molar-refractivity contribution in [1.82, 2.24) is 24.4 Å². The van der Waals surface area contributed by atoms with Gasteiger partial charge in [-0.3, -0.25) is 4.98 Å². The van der Waals surface area contributed by atoms with Crippen LogP contribution in [0.2, 0.25) is 0 Å². The molecule has 118 valence electrons. The predicted octanol–water partition coefficient (Wildman–Crippen LogP) is 2.54. The Bertz CT molecular complexity index is 602. The van der Waals surface area contributed by atoms with Gasteiger partial charge in [0.2, 0.25) is 0 Å². The molecule has 0 aromatic carbocycles.